The lowest BCUT2D eigenvalue weighted by Gasteiger charge is -2.03. The molecule has 0 bridgehead atoms. The van der Waals surface area contributed by atoms with Crippen LogP contribution in [-0.4, -0.2) is 9.78 Å². The Morgan fingerprint density at radius 1 is 1.00 bits per heavy atom. The van der Waals surface area contributed by atoms with Crippen LogP contribution in [-0.2, 0) is 6.54 Å². The molecule has 0 saturated carbocycles. The minimum absolute atomic E-state index is 0.192. The maximum atomic E-state index is 11.1. The van der Waals surface area contributed by atoms with Gasteiger partial charge in [-0.05, 0) is 10.7 Å². The van der Waals surface area contributed by atoms with Gasteiger partial charge in [-0.1, -0.05) is 60.7 Å². The first kappa shape index (κ1) is 13.1. The largest absolute Gasteiger partial charge is 0.382 e. The highest BCUT2D eigenvalue weighted by Crippen LogP contribution is 2.34. The van der Waals surface area contributed by atoms with Crippen LogP contribution in [0, 0.1) is 4.91 Å². The minimum atomic E-state index is 0.192. The van der Waals surface area contributed by atoms with E-state index in [1.807, 2.05) is 60.7 Å². The minimum Gasteiger partial charge on any atom is -0.382 e. The topological polar surface area (TPSA) is 73.3 Å². The molecule has 104 valence electrons. The SMILES string of the molecule is Nc1c(N=O)c(-c2ccccc2)nn1Cc1ccccc1. The average Bonchev–Trinajstić information content (AvgIpc) is 2.85. The Kier molecular flexibility index (Phi) is 3.47. The Morgan fingerprint density at radius 2 is 1.62 bits per heavy atom. The fourth-order valence-electron chi connectivity index (χ4n) is 2.22. The molecule has 1 heterocycles. The number of rotatable bonds is 4. The van der Waals surface area contributed by atoms with Gasteiger partial charge in [0.2, 0.25) is 0 Å². The van der Waals surface area contributed by atoms with Gasteiger partial charge in [-0.2, -0.15) is 5.10 Å². The predicted octanol–water partition coefficient (Wildman–Crippen LogP) is 3.58. The van der Waals surface area contributed by atoms with Crippen LogP contribution >= 0.6 is 0 Å². The fourth-order valence-corrected chi connectivity index (χ4v) is 2.22. The van der Waals surface area contributed by atoms with Gasteiger partial charge >= 0.3 is 0 Å². The Balaban J connectivity index is 2.04. The molecule has 5 nitrogen and oxygen atoms in total. The molecule has 0 amide bonds. The van der Waals surface area contributed by atoms with Crippen LogP contribution in [0.4, 0.5) is 11.5 Å². The van der Waals surface area contributed by atoms with Crippen LogP contribution in [0.5, 0.6) is 0 Å². The van der Waals surface area contributed by atoms with Crippen molar-refractivity contribution >= 4 is 11.5 Å². The molecule has 2 N–H and O–H groups in total. The molecule has 0 aliphatic rings. The highest BCUT2D eigenvalue weighted by molar-refractivity contribution is 5.79. The summed E-state index contributed by atoms with van der Waals surface area (Å²) in [7, 11) is 0. The second-order valence-electron chi connectivity index (χ2n) is 4.68. The molecule has 0 atom stereocenters. The maximum Gasteiger partial charge on any atom is 0.177 e. The van der Waals surface area contributed by atoms with Gasteiger partial charge in [0.25, 0.3) is 0 Å². The van der Waals surface area contributed by atoms with E-state index in [1.54, 1.807) is 4.68 Å². The number of hydrogen-bond donors (Lipinski definition) is 1. The molecular weight excluding hydrogens is 264 g/mol. The molecule has 3 rings (SSSR count). The van der Waals surface area contributed by atoms with E-state index in [1.165, 1.54) is 0 Å². The third-order valence-electron chi connectivity index (χ3n) is 3.28. The van der Waals surface area contributed by atoms with Crippen molar-refractivity contribution in [2.24, 2.45) is 5.18 Å². The molecule has 0 spiro atoms. The van der Waals surface area contributed by atoms with Crippen LogP contribution in [0.3, 0.4) is 0 Å². The van der Waals surface area contributed by atoms with Gasteiger partial charge in [-0.25, -0.2) is 4.68 Å². The molecule has 0 aliphatic carbocycles. The molecule has 0 fully saturated rings. The van der Waals surface area contributed by atoms with Gasteiger partial charge < -0.3 is 5.73 Å². The summed E-state index contributed by atoms with van der Waals surface area (Å²) in [6.45, 7) is 0.502. The number of nitrogen functional groups attached to an aromatic ring is 1. The molecule has 21 heavy (non-hydrogen) atoms. The summed E-state index contributed by atoms with van der Waals surface area (Å²) >= 11 is 0. The Morgan fingerprint density at radius 3 is 2.24 bits per heavy atom. The molecule has 5 heteroatoms. The molecule has 0 aliphatic heterocycles. The van der Waals surface area contributed by atoms with Crippen molar-refractivity contribution in [1.82, 2.24) is 9.78 Å². The smallest absolute Gasteiger partial charge is 0.177 e. The summed E-state index contributed by atoms with van der Waals surface area (Å²) in [6, 6.07) is 19.2. The number of anilines is 1. The highest BCUT2D eigenvalue weighted by atomic mass is 16.3. The zero-order valence-corrected chi connectivity index (χ0v) is 11.3. The van der Waals surface area contributed by atoms with E-state index in [0.717, 1.165) is 11.1 Å². The van der Waals surface area contributed by atoms with Crippen LogP contribution in [0.15, 0.2) is 65.8 Å². The molecule has 0 saturated heterocycles. The molecular formula is C16H14N4O. The van der Waals surface area contributed by atoms with Gasteiger partial charge in [0.05, 0.1) is 6.54 Å². The van der Waals surface area contributed by atoms with E-state index in [9.17, 15) is 4.91 Å². The van der Waals surface area contributed by atoms with Crippen molar-refractivity contribution in [3.8, 4) is 11.3 Å². The molecule has 0 unspecified atom stereocenters. The van der Waals surface area contributed by atoms with E-state index >= 15 is 0 Å². The first-order valence-corrected chi connectivity index (χ1v) is 6.58. The lowest BCUT2D eigenvalue weighted by atomic mass is 10.1. The van der Waals surface area contributed by atoms with Crippen molar-refractivity contribution in [1.29, 1.82) is 0 Å². The number of nitrogens with zero attached hydrogens (tertiary/aromatic N) is 3. The monoisotopic (exact) mass is 278 g/mol. The lowest BCUT2D eigenvalue weighted by molar-refractivity contribution is 0.700. The number of aromatic nitrogens is 2. The van der Waals surface area contributed by atoms with Gasteiger partial charge in [0, 0.05) is 5.56 Å². The Bertz CT molecular complexity index is 751. The van der Waals surface area contributed by atoms with Gasteiger partial charge in [-0.3, -0.25) is 0 Å². The molecule has 2 aromatic carbocycles. The van der Waals surface area contributed by atoms with Crippen LogP contribution in [0.2, 0.25) is 0 Å². The summed E-state index contributed by atoms with van der Waals surface area (Å²) < 4.78 is 1.61. The van der Waals surface area contributed by atoms with E-state index in [-0.39, 0.29) is 11.5 Å². The predicted molar refractivity (Wildman–Crippen MR) is 83.1 cm³/mol. The Labute approximate surface area is 122 Å². The zero-order chi connectivity index (χ0) is 14.7. The molecule has 3 aromatic rings. The average molecular weight is 278 g/mol. The van der Waals surface area contributed by atoms with Crippen LogP contribution < -0.4 is 5.73 Å². The number of nitroso groups, excluding NO2 is 1. The summed E-state index contributed by atoms with van der Waals surface area (Å²) in [5, 5.41) is 7.49. The summed E-state index contributed by atoms with van der Waals surface area (Å²) in [5.74, 6) is 0.285. The van der Waals surface area contributed by atoms with E-state index in [4.69, 9.17) is 5.73 Å². The fraction of sp³-hybridized carbons (Fsp3) is 0.0625. The van der Waals surface area contributed by atoms with Crippen molar-refractivity contribution in [3.63, 3.8) is 0 Å². The molecule has 0 radical (unpaired) electrons. The van der Waals surface area contributed by atoms with E-state index in [0.29, 0.717) is 12.2 Å². The summed E-state index contributed by atoms with van der Waals surface area (Å²) in [4.78, 5) is 11.1. The van der Waals surface area contributed by atoms with Crippen LogP contribution in [0.1, 0.15) is 5.56 Å². The zero-order valence-electron chi connectivity index (χ0n) is 11.3. The van der Waals surface area contributed by atoms with Gasteiger partial charge in [-0.15, -0.1) is 4.91 Å². The van der Waals surface area contributed by atoms with Gasteiger partial charge in [0.15, 0.2) is 11.5 Å². The quantitative estimate of drug-likeness (QED) is 0.741. The van der Waals surface area contributed by atoms with Crippen molar-refractivity contribution in [3.05, 3.63) is 71.1 Å². The highest BCUT2D eigenvalue weighted by Gasteiger charge is 2.17. The third kappa shape index (κ3) is 2.53. The normalized spacial score (nSPS) is 10.5. The first-order valence-electron chi connectivity index (χ1n) is 6.58. The van der Waals surface area contributed by atoms with Crippen molar-refractivity contribution < 1.29 is 0 Å². The summed E-state index contributed by atoms with van der Waals surface area (Å²) in [6.07, 6.45) is 0. The van der Waals surface area contributed by atoms with Crippen molar-refractivity contribution in [2.75, 3.05) is 5.73 Å². The first-order chi connectivity index (χ1) is 10.3. The third-order valence-corrected chi connectivity index (χ3v) is 3.28. The number of nitrogens with two attached hydrogens (primary N) is 1. The standard InChI is InChI=1S/C16H14N4O/c17-16-15(19-21)14(13-9-5-2-6-10-13)18-20(16)11-12-7-3-1-4-8-12/h1-10H,11,17H2. The number of hydrogen-bond acceptors (Lipinski definition) is 4. The second kappa shape index (κ2) is 5.58. The lowest BCUT2D eigenvalue weighted by Crippen LogP contribution is -2.05. The van der Waals surface area contributed by atoms with E-state index in [2.05, 4.69) is 10.3 Å². The maximum absolute atomic E-state index is 11.1. The Hall–Kier alpha value is -2.95. The van der Waals surface area contributed by atoms with Crippen LogP contribution in [0.25, 0.3) is 11.3 Å². The van der Waals surface area contributed by atoms with Crippen molar-refractivity contribution in [2.45, 2.75) is 6.54 Å². The summed E-state index contributed by atoms with van der Waals surface area (Å²) in [5.41, 5.74) is 8.60. The second-order valence-corrected chi connectivity index (χ2v) is 4.68. The van der Waals surface area contributed by atoms with E-state index < -0.39 is 0 Å². The molecule has 1 aromatic heterocycles. The number of benzene rings is 2. The van der Waals surface area contributed by atoms with Gasteiger partial charge in [0.1, 0.15) is 5.69 Å².